The maximum atomic E-state index is 13.3. The third-order valence-corrected chi connectivity index (χ3v) is 3.57. The molecule has 0 fully saturated rings. The first-order valence-electron chi connectivity index (χ1n) is 7.78. The largest absolute Gasteiger partial charge is 0.481 e. The Morgan fingerprint density at radius 1 is 1.22 bits per heavy atom. The summed E-state index contributed by atoms with van der Waals surface area (Å²) in [4.78, 5) is 23.2. The first kappa shape index (κ1) is 17.0. The molecule has 5 nitrogen and oxygen atoms in total. The van der Waals surface area contributed by atoms with Crippen molar-refractivity contribution < 1.29 is 18.7 Å². The fourth-order valence-corrected chi connectivity index (χ4v) is 2.38. The van der Waals surface area contributed by atoms with Crippen molar-refractivity contribution in [2.24, 2.45) is 0 Å². The topological polar surface area (TPSA) is 67.4 Å². The monoisotopic (exact) mass is 320 g/mol. The van der Waals surface area contributed by atoms with Crippen molar-refractivity contribution in [1.29, 1.82) is 0 Å². The van der Waals surface area contributed by atoms with Crippen LogP contribution in [0.4, 0.5) is 9.18 Å². The van der Waals surface area contributed by atoms with Crippen LogP contribution in [0.25, 0.3) is 0 Å². The summed E-state index contributed by atoms with van der Waals surface area (Å²) >= 11 is 0. The number of carbonyl (C=O) groups excluding carboxylic acids is 2. The minimum Gasteiger partial charge on any atom is -0.481 e. The molecule has 23 heavy (non-hydrogen) atoms. The van der Waals surface area contributed by atoms with Crippen LogP contribution in [0, 0.1) is 5.82 Å². The second-order valence-electron chi connectivity index (χ2n) is 5.38. The second kappa shape index (κ2) is 8.92. The molecule has 0 unspecified atom stereocenters. The van der Waals surface area contributed by atoms with E-state index in [2.05, 4.69) is 16.7 Å². The Hall–Kier alpha value is -2.37. The van der Waals surface area contributed by atoms with Crippen LogP contribution in [0.2, 0.25) is 0 Å². The number of carbonyl (C=O) groups is 2. The molecule has 0 atom stereocenters. The molecule has 0 bridgehead atoms. The van der Waals surface area contributed by atoms with Gasteiger partial charge in [-0.25, -0.2) is 9.18 Å². The Labute approximate surface area is 134 Å². The SMILES string of the molecule is O=C(COc1ccccc1F)NC(=O)NCCC1=CCCCC1. The number of urea groups is 1. The van der Waals surface area contributed by atoms with Gasteiger partial charge in [0, 0.05) is 6.54 Å². The van der Waals surface area contributed by atoms with Crippen LogP contribution >= 0.6 is 0 Å². The van der Waals surface area contributed by atoms with Gasteiger partial charge in [-0.3, -0.25) is 10.1 Å². The molecule has 1 aliphatic rings. The third-order valence-electron chi connectivity index (χ3n) is 3.57. The number of rotatable bonds is 6. The van der Waals surface area contributed by atoms with Gasteiger partial charge in [-0.05, 0) is 44.2 Å². The molecule has 1 aromatic carbocycles. The lowest BCUT2D eigenvalue weighted by Crippen LogP contribution is -2.42. The molecule has 0 spiro atoms. The summed E-state index contributed by atoms with van der Waals surface area (Å²) in [5.41, 5.74) is 1.35. The molecule has 3 amide bonds. The predicted octanol–water partition coefficient (Wildman–Crippen LogP) is 2.92. The normalized spacial score (nSPS) is 13.9. The summed E-state index contributed by atoms with van der Waals surface area (Å²) in [5.74, 6) is -1.19. The number of allylic oxidation sites excluding steroid dienone is 1. The van der Waals surface area contributed by atoms with E-state index in [1.807, 2.05) is 0 Å². The predicted molar refractivity (Wildman–Crippen MR) is 84.6 cm³/mol. The van der Waals surface area contributed by atoms with E-state index in [0.717, 1.165) is 19.3 Å². The molecular formula is C17H21FN2O3. The number of hydrogen-bond donors (Lipinski definition) is 2. The van der Waals surface area contributed by atoms with E-state index in [9.17, 15) is 14.0 Å². The molecule has 2 rings (SSSR count). The smallest absolute Gasteiger partial charge is 0.321 e. The highest BCUT2D eigenvalue weighted by atomic mass is 19.1. The number of nitrogens with one attached hydrogen (secondary N) is 2. The van der Waals surface area contributed by atoms with Gasteiger partial charge in [0.2, 0.25) is 0 Å². The first-order chi connectivity index (χ1) is 11.1. The summed E-state index contributed by atoms with van der Waals surface area (Å²) in [6.07, 6.45) is 7.63. The quantitative estimate of drug-likeness (QED) is 0.792. The number of hydrogen-bond acceptors (Lipinski definition) is 3. The first-order valence-corrected chi connectivity index (χ1v) is 7.78. The minimum atomic E-state index is -0.623. The van der Waals surface area contributed by atoms with Crippen molar-refractivity contribution >= 4 is 11.9 Å². The van der Waals surface area contributed by atoms with Gasteiger partial charge in [0.1, 0.15) is 0 Å². The highest BCUT2D eigenvalue weighted by molar-refractivity contribution is 5.94. The molecule has 0 radical (unpaired) electrons. The lowest BCUT2D eigenvalue weighted by molar-refractivity contribution is -0.122. The fraction of sp³-hybridized carbons (Fsp3) is 0.412. The van der Waals surface area contributed by atoms with Crippen LogP contribution in [0.3, 0.4) is 0 Å². The molecule has 0 saturated carbocycles. The summed E-state index contributed by atoms with van der Waals surface area (Å²) < 4.78 is 18.3. The molecule has 0 aromatic heterocycles. The molecule has 1 aliphatic carbocycles. The summed E-state index contributed by atoms with van der Waals surface area (Å²) in [5, 5.41) is 4.78. The zero-order chi connectivity index (χ0) is 16.5. The van der Waals surface area contributed by atoms with E-state index < -0.39 is 24.4 Å². The lowest BCUT2D eigenvalue weighted by Gasteiger charge is -2.13. The molecule has 6 heteroatoms. The number of halogens is 1. The molecule has 0 heterocycles. The van der Waals surface area contributed by atoms with Crippen LogP contribution in [0.5, 0.6) is 5.75 Å². The summed E-state index contributed by atoms with van der Waals surface area (Å²) in [7, 11) is 0. The fourth-order valence-electron chi connectivity index (χ4n) is 2.38. The second-order valence-corrected chi connectivity index (χ2v) is 5.38. The molecule has 0 saturated heterocycles. The Morgan fingerprint density at radius 3 is 2.78 bits per heavy atom. The van der Waals surface area contributed by atoms with Crippen molar-refractivity contribution in [1.82, 2.24) is 10.6 Å². The van der Waals surface area contributed by atoms with Crippen molar-refractivity contribution in [3.8, 4) is 5.75 Å². The zero-order valence-electron chi connectivity index (χ0n) is 12.9. The number of benzene rings is 1. The van der Waals surface area contributed by atoms with Crippen LogP contribution < -0.4 is 15.4 Å². The highest BCUT2D eigenvalue weighted by Gasteiger charge is 2.10. The van der Waals surface area contributed by atoms with Crippen LogP contribution in [0.15, 0.2) is 35.9 Å². The number of para-hydroxylation sites is 1. The van der Waals surface area contributed by atoms with Crippen molar-refractivity contribution in [2.45, 2.75) is 32.1 Å². The van der Waals surface area contributed by atoms with Gasteiger partial charge < -0.3 is 10.1 Å². The van der Waals surface area contributed by atoms with Gasteiger partial charge in [-0.2, -0.15) is 0 Å². The average molecular weight is 320 g/mol. The molecular weight excluding hydrogens is 299 g/mol. The van der Waals surface area contributed by atoms with Crippen LogP contribution in [-0.2, 0) is 4.79 Å². The van der Waals surface area contributed by atoms with E-state index >= 15 is 0 Å². The molecule has 2 N–H and O–H groups in total. The Morgan fingerprint density at radius 2 is 2.04 bits per heavy atom. The zero-order valence-corrected chi connectivity index (χ0v) is 12.9. The van der Waals surface area contributed by atoms with E-state index in [0.29, 0.717) is 6.54 Å². The standard InChI is InChI=1S/C17H21FN2O3/c18-14-8-4-5-9-15(14)23-12-16(21)20-17(22)19-11-10-13-6-2-1-3-7-13/h4-6,8-9H,1-3,7,10-12H2,(H2,19,20,21,22). The van der Waals surface area contributed by atoms with E-state index in [1.54, 1.807) is 6.07 Å². The van der Waals surface area contributed by atoms with Gasteiger partial charge in [0.25, 0.3) is 5.91 Å². The Kier molecular flexibility index (Phi) is 6.59. The van der Waals surface area contributed by atoms with Gasteiger partial charge >= 0.3 is 6.03 Å². The van der Waals surface area contributed by atoms with Crippen molar-refractivity contribution in [3.63, 3.8) is 0 Å². The highest BCUT2D eigenvalue weighted by Crippen LogP contribution is 2.19. The van der Waals surface area contributed by atoms with Crippen LogP contribution in [-0.4, -0.2) is 25.1 Å². The van der Waals surface area contributed by atoms with E-state index in [-0.39, 0.29) is 5.75 Å². The summed E-state index contributed by atoms with van der Waals surface area (Å²) in [6.45, 7) is 0.0681. The van der Waals surface area contributed by atoms with Gasteiger partial charge in [-0.15, -0.1) is 0 Å². The molecule has 1 aromatic rings. The number of ether oxygens (including phenoxy) is 1. The van der Waals surface area contributed by atoms with Crippen LogP contribution in [0.1, 0.15) is 32.1 Å². The van der Waals surface area contributed by atoms with Gasteiger partial charge in [0.15, 0.2) is 18.2 Å². The van der Waals surface area contributed by atoms with Gasteiger partial charge in [-0.1, -0.05) is 23.8 Å². The van der Waals surface area contributed by atoms with E-state index in [4.69, 9.17) is 4.74 Å². The maximum absolute atomic E-state index is 13.3. The van der Waals surface area contributed by atoms with Gasteiger partial charge in [0.05, 0.1) is 0 Å². The lowest BCUT2D eigenvalue weighted by atomic mass is 9.97. The summed E-state index contributed by atoms with van der Waals surface area (Å²) in [6, 6.07) is 5.21. The van der Waals surface area contributed by atoms with E-state index in [1.165, 1.54) is 36.6 Å². The number of imide groups is 1. The minimum absolute atomic E-state index is 0.0210. The number of amides is 3. The Bertz CT molecular complexity index is 587. The average Bonchev–Trinajstić information content (AvgIpc) is 2.55. The Balaban J connectivity index is 1.63. The van der Waals surface area contributed by atoms with Crippen molar-refractivity contribution in [3.05, 3.63) is 41.7 Å². The van der Waals surface area contributed by atoms with Crippen molar-refractivity contribution in [2.75, 3.05) is 13.2 Å². The maximum Gasteiger partial charge on any atom is 0.321 e. The third kappa shape index (κ3) is 6.10. The molecule has 0 aliphatic heterocycles. The molecule has 124 valence electrons.